The second kappa shape index (κ2) is 14.2. The van der Waals surface area contributed by atoms with Gasteiger partial charge in [0.25, 0.3) is 0 Å². The quantitative estimate of drug-likeness (QED) is 0.296. The van der Waals surface area contributed by atoms with Gasteiger partial charge in [-0.05, 0) is 13.8 Å². The first-order valence-corrected chi connectivity index (χ1v) is 4.90. The summed E-state index contributed by atoms with van der Waals surface area (Å²) in [5.74, 6) is 0. The van der Waals surface area contributed by atoms with Gasteiger partial charge >= 0.3 is 6.16 Å². The summed E-state index contributed by atoms with van der Waals surface area (Å²) in [5.41, 5.74) is 0. The normalized spacial score (nSPS) is 8.00. The SMILES string of the molecule is CC(S)S.CC(S)S.O=C(O)O. The average molecular weight is 250 g/mol. The molecule has 0 aliphatic carbocycles. The molecule has 12 heavy (non-hydrogen) atoms. The molecule has 0 heterocycles. The summed E-state index contributed by atoms with van der Waals surface area (Å²) in [6, 6.07) is 0. The zero-order valence-corrected chi connectivity index (χ0v) is 10.3. The van der Waals surface area contributed by atoms with Crippen molar-refractivity contribution in [3.8, 4) is 0 Å². The van der Waals surface area contributed by atoms with Crippen molar-refractivity contribution in [1.82, 2.24) is 0 Å². The Morgan fingerprint density at radius 3 is 1.00 bits per heavy atom. The van der Waals surface area contributed by atoms with Crippen molar-refractivity contribution in [3.05, 3.63) is 0 Å². The summed E-state index contributed by atoms with van der Waals surface area (Å²) in [6.45, 7) is 3.79. The van der Waals surface area contributed by atoms with E-state index in [-0.39, 0.29) is 9.16 Å². The van der Waals surface area contributed by atoms with Gasteiger partial charge in [-0.15, -0.1) is 0 Å². The Kier molecular flexibility index (Phi) is 21.8. The standard InChI is InChI=1S/2C2H6S2.CH2O3/c2*1-2(3)4;2-1(3)4/h2*2-4H,1H3;(H2,2,3,4). The van der Waals surface area contributed by atoms with Crippen LogP contribution in [0.25, 0.3) is 0 Å². The highest BCUT2D eigenvalue weighted by Gasteiger charge is 1.70. The molecular weight excluding hydrogens is 236 g/mol. The van der Waals surface area contributed by atoms with Crippen LogP contribution in [0.5, 0.6) is 0 Å². The van der Waals surface area contributed by atoms with Gasteiger partial charge in [0.1, 0.15) is 0 Å². The molecule has 0 aromatic carbocycles. The summed E-state index contributed by atoms with van der Waals surface area (Å²) < 4.78 is 0.444. The first-order valence-electron chi connectivity index (χ1n) is 2.84. The maximum Gasteiger partial charge on any atom is 0.503 e. The first kappa shape index (κ1) is 18.5. The van der Waals surface area contributed by atoms with Crippen LogP contribution in [0.4, 0.5) is 4.79 Å². The molecule has 0 aromatic rings. The minimum atomic E-state index is -1.83. The fourth-order valence-electron chi connectivity index (χ4n) is 0. The van der Waals surface area contributed by atoms with Crippen molar-refractivity contribution >= 4 is 56.7 Å². The highest BCUT2D eigenvalue weighted by Crippen LogP contribution is 1.93. The Morgan fingerprint density at radius 1 is 1.00 bits per heavy atom. The summed E-state index contributed by atoms with van der Waals surface area (Å²) in [7, 11) is 0. The van der Waals surface area contributed by atoms with Crippen molar-refractivity contribution in [2.45, 2.75) is 23.0 Å². The van der Waals surface area contributed by atoms with Crippen LogP contribution in [0.2, 0.25) is 0 Å². The number of thiol groups is 4. The fraction of sp³-hybridized carbons (Fsp3) is 0.800. The lowest BCUT2D eigenvalue weighted by Crippen LogP contribution is -1.81. The second-order valence-electron chi connectivity index (χ2n) is 1.55. The molecule has 0 radical (unpaired) electrons. The maximum absolute atomic E-state index is 8.56. The van der Waals surface area contributed by atoms with Crippen LogP contribution < -0.4 is 0 Å². The molecule has 0 aliphatic heterocycles. The van der Waals surface area contributed by atoms with E-state index in [1.165, 1.54) is 0 Å². The van der Waals surface area contributed by atoms with E-state index in [1.54, 1.807) is 0 Å². The highest BCUT2D eigenvalue weighted by molar-refractivity contribution is 7.99. The van der Waals surface area contributed by atoms with Crippen LogP contribution >= 0.6 is 50.5 Å². The molecule has 76 valence electrons. The Bertz CT molecular complexity index is 81.2. The van der Waals surface area contributed by atoms with Crippen molar-refractivity contribution in [2.24, 2.45) is 0 Å². The van der Waals surface area contributed by atoms with Crippen LogP contribution in [0.1, 0.15) is 13.8 Å². The molecular formula is C5H14O3S4. The fourth-order valence-corrected chi connectivity index (χ4v) is 0. The van der Waals surface area contributed by atoms with Crippen LogP contribution in [0, 0.1) is 0 Å². The van der Waals surface area contributed by atoms with E-state index < -0.39 is 6.16 Å². The van der Waals surface area contributed by atoms with Crippen molar-refractivity contribution in [3.63, 3.8) is 0 Å². The smallest absolute Gasteiger partial charge is 0.450 e. The van der Waals surface area contributed by atoms with E-state index in [1.807, 2.05) is 13.8 Å². The van der Waals surface area contributed by atoms with Gasteiger partial charge in [-0.1, -0.05) is 0 Å². The third-order valence-corrected chi connectivity index (χ3v) is 0. The zero-order valence-electron chi connectivity index (χ0n) is 6.75. The van der Waals surface area contributed by atoms with Gasteiger partial charge in [0.2, 0.25) is 0 Å². The molecule has 0 fully saturated rings. The summed E-state index contributed by atoms with van der Waals surface area (Å²) in [4.78, 5) is 8.56. The van der Waals surface area contributed by atoms with Crippen molar-refractivity contribution in [2.75, 3.05) is 0 Å². The van der Waals surface area contributed by atoms with Crippen molar-refractivity contribution < 1.29 is 15.0 Å². The monoisotopic (exact) mass is 250 g/mol. The minimum Gasteiger partial charge on any atom is -0.450 e. The molecule has 0 unspecified atom stereocenters. The number of hydrogen-bond donors (Lipinski definition) is 6. The van der Waals surface area contributed by atoms with Gasteiger partial charge < -0.3 is 10.2 Å². The number of rotatable bonds is 0. The third kappa shape index (κ3) is 2220. The minimum absolute atomic E-state index is 0.222. The number of carbonyl (C=O) groups is 1. The first-order chi connectivity index (χ1) is 5.20. The van der Waals surface area contributed by atoms with Gasteiger partial charge in [0.15, 0.2) is 0 Å². The van der Waals surface area contributed by atoms with Gasteiger partial charge in [-0.3, -0.25) is 0 Å². The number of hydrogen-bond acceptors (Lipinski definition) is 5. The Balaban J connectivity index is -0.000000101. The molecule has 0 amide bonds. The van der Waals surface area contributed by atoms with E-state index in [9.17, 15) is 0 Å². The molecule has 0 atom stereocenters. The van der Waals surface area contributed by atoms with E-state index in [2.05, 4.69) is 50.5 Å². The van der Waals surface area contributed by atoms with Gasteiger partial charge in [0.05, 0.1) is 0 Å². The van der Waals surface area contributed by atoms with Crippen molar-refractivity contribution in [1.29, 1.82) is 0 Å². The summed E-state index contributed by atoms with van der Waals surface area (Å²) in [6.07, 6.45) is -1.83. The van der Waals surface area contributed by atoms with Crippen LogP contribution in [-0.4, -0.2) is 25.5 Å². The molecule has 0 saturated heterocycles. The lowest BCUT2D eigenvalue weighted by molar-refractivity contribution is 0.137. The largest absolute Gasteiger partial charge is 0.503 e. The van der Waals surface area contributed by atoms with Crippen LogP contribution in [0.15, 0.2) is 0 Å². The van der Waals surface area contributed by atoms with E-state index >= 15 is 0 Å². The Labute approximate surface area is 94.6 Å². The topological polar surface area (TPSA) is 57.5 Å². The predicted octanol–water partition coefficient (Wildman–Crippen LogP) is 2.61. The molecule has 7 heteroatoms. The number of carboxylic acid groups (broad SMARTS) is 2. The molecule has 0 aliphatic rings. The highest BCUT2D eigenvalue weighted by atomic mass is 32.2. The zero-order chi connectivity index (χ0) is 10.7. The van der Waals surface area contributed by atoms with Gasteiger partial charge in [0, 0.05) is 9.16 Å². The molecule has 0 rings (SSSR count). The molecule has 3 nitrogen and oxygen atoms in total. The van der Waals surface area contributed by atoms with Gasteiger partial charge in [-0.25, -0.2) is 4.79 Å². The predicted molar refractivity (Wildman–Crippen MR) is 65.5 cm³/mol. The molecule has 0 spiro atoms. The molecule has 0 aromatic heterocycles. The van der Waals surface area contributed by atoms with E-state index in [4.69, 9.17) is 15.0 Å². The molecule has 2 N–H and O–H groups in total. The lowest BCUT2D eigenvalue weighted by Gasteiger charge is -1.78. The Hall–Kier alpha value is 0.670. The Morgan fingerprint density at radius 2 is 1.00 bits per heavy atom. The lowest BCUT2D eigenvalue weighted by atomic mass is 11.0. The van der Waals surface area contributed by atoms with Crippen LogP contribution in [-0.2, 0) is 0 Å². The average Bonchev–Trinajstić information content (AvgIpc) is 1.54. The second-order valence-corrected chi connectivity index (χ2v) is 5.46. The van der Waals surface area contributed by atoms with Gasteiger partial charge in [-0.2, -0.15) is 50.5 Å². The third-order valence-electron chi connectivity index (χ3n) is 0. The van der Waals surface area contributed by atoms with E-state index in [0.29, 0.717) is 0 Å². The van der Waals surface area contributed by atoms with Crippen LogP contribution in [0.3, 0.4) is 0 Å². The summed E-state index contributed by atoms with van der Waals surface area (Å²) >= 11 is 15.3. The maximum atomic E-state index is 8.56. The van der Waals surface area contributed by atoms with E-state index in [0.717, 1.165) is 0 Å². The molecule has 0 bridgehead atoms. The molecule has 0 saturated carbocycles. The summed E-state index contributed by atoms with van der Waals surface area (Å²) in [5, 5.41) is 13.9.